The molecule has 29 heavy (non-hydrogen) atoms. The van der Waals surface area contributed by atoms with E-state index in [2.05, 4.69) is 30.7 Å². The van der Waals surface area contributed by atoms with Crippen molar-refractivity contribution < 1.29 is 23.9 Å². The number of esters is 2. The first-order valence-corrected chi connectivity index (χ1v) is 9.98. The molecule has 154 valence electrons. The van der Waals surface area contributed by atoms with Crippen molar-refractivity contribution in [2.75, 3.05) is 19.5 Å². The Balaban J connectivity index is 2.07. The summed E-state index contributed by atoms with van der Waals surface area (Å²) in [5, 5.41) is 3.38. The SMILES string of the molecule is COC(=O)C(CCC(=O)C[C@@H](Nc1ccc(Br)cc1)c1ccccc1)C(=O)OC. The normalized spacial score (nSPS) is 11.6. The molecule has 0 bridgehead atoms. The molecule has 0 spiro atoms. The van der Waals surface area contributed by atoms with Crippen molar-refractivity contribution in [2.24, 2.45) is 5.92 Å². The van der Waals surface area contributed by atoms with Gasteiger partial charge in [0.1, 0.15) is 5.78 Å². The van der Waals surface area contributed by atoms with Crippen LogP contribution in [0.15, 0.2) is 59.1 Å². The van der Waals surface area contributed by atoms with E-state index in [1.807, 2.05) is 54.6 Å². The molecule has 1 atom stereocenters. The van der Waals surface area contributed by atoms with E-state index in [-0.39, 0.29) is 31.1 Å². The smallest absolute Gasteiger partial charge is 0.320 e. The van der Waals surface area contributed by atoms with E-state index in [4.69, 9.17) is 0 Å². The van der Waals surface area contributed by atoms with Crippen LogP contribution < -0.4 is 5.32 Å². The van der Waals surface area contributed by atoms with Gasteiger partial charge >= 0.3 is 11.9 Å². The molecular formula is C22H24BrNO5. The van der Waals surface area contributed by atoms with E-state index in [9.17, 15) is 14.4 Å². The fourth-order valence-electron chi connectivity index (χ4n) is 2.94. The molecule has 0 saturated carbocycles. The summed E-state index contributed by atoms with van der Waals surface area (Å²) in [4.78, 5) is 36.2. The largest absolute Gasteiger partial charge is 0.468 e. The number of benzene rings is 2. The highest BCUT2D eigenvalue weighted by atomic mass is 79.9. The van der Waals surface area contributed by atoms with Gasteiger partial charge in [0.15, 0.2) is 5.92 Å². The molecule has 0 unspecified atom stereocenters. The first kappa shape index (κ1) is 22.6. The number of rotatable bonds is 10. The maximum absolute atomic E-state index is 12.6. The first-order chi connectivity index (χ1) is 13.9. The van der Waals surface area contributed by atoms with E-state index in [1.165, 1.54) is 14.2 Å². The van der Waals surface area contributed by atoms with Gasteiger partial charge in [0.25, 0.3) is 0 Å². The Labute approximate surface area is 178 Å². The standard InChI is InChI=1S/C22H24BrNO5/c1-28-21(26)19(22(27)29-2)13-12-18(25)14-20(15-6-4-3-5-7-15)24-17-10-8-16(23)9-11-17/h3-11,19-20,24H,12-14H2,1-2H3/t20-/m1/s1. The van der Waals surface area contributed by atoms with Gasteiger partial charge in [-0.05, 0) is 36.2 Å². The van der Waals surface area contributed by atoms with Gasteiger partial charge in [-0.25, -0.2) is 0 Å². The third kappa shape index (κ3) is 7.02. The molecule has 2 rings (SSSR count). The van der Waals surface area contributed by atoms with Crippen molar-refractivity contribution in [1.82, 2.24) is 0 Å². The molecule has 0 aliphatic rings. The second kappa shape index (κ2) is 11.4. The highest BCUT2D eigenvalue weighted by Crippen LogP contribution is 2.25. The lowest BCUT2D eigenvalue weighted by molar-refractivity contribution is -0.159. The van der Waals surface area contributed by atoms with Crippen LogP contribution in [0.25, 0.3) is 0 Å². The lowest BCUT2D eigenvalue weighted by Crippen LogP contribution is -2.27. The van der Waals surface area contributed by atoms with Gasteiger partial charge in [0, 0.05) is 23.0 Å². The lowest BCUT2D eigenvalue weighted by atomic mass is 9.96. The Morgan fingerprint density at radius 3 is 2.07 bits per heavy atom. The summed E-state index contributed by atoms with van der Waals surface area (Å²) in [6.07, 6.45) is 0.341. The molecular weight excluding hydrogens is 438 g/mol. The molecule has 6 nitrogen and oxygen atoms in total. The average Bonchev–Trinajstić information content (AvgIpc) is 2.75. The lowest BCUT2D eigenvalue weighted by Gasteiger charge is -2.20. The first-order valence-electron chi connectivity index (χ1n) is 9.19. The summed E-state index contributed by atoms with van der Waals surface area (Å²) in [6, 6.07) is 17.1. The van der Waals surface area contributed by atoms with Crippen LogP contribution in [-0.2, 0) is 23.9 Å². The Hall–Kier alpha value is -2.67. The number of carbonyl (C=O) groups is 3. The van der Waals surface area contributed by atoms with E-state index in [0.717, 1.165) is 15.7 Å². The Morgan fingerprint density at radius 2 is 1.52 bits per heavy atom. The van der Waals surface area contributed by atoms with Crippen LogP contribution in [0.3, 0.4) is 0 Å². The fraction of sp³-hybridized carbons (Fsp3) is 0.318. The van der Waals surface area contributed by atoms with E-state index >= 15 is 0 Å². The van der Waals surface area contributed by atoms with E-state index in [0.29, 0.717) is 0 Å². The number of hydrogen-bond donors (Lipinski definition) is 1. The van der Waals surface area contributed by atoms with Crippen LogP contribution in [0.1, 0.15) is 30.9 Å². The third-order valence-electron chi connectivity index (χ3n) is 4.50. The topological polar surface area (TPSA) is 81.7 Å². The Bertz CT molecular complexity index is 807. The van der Waals surface area contributed by atoms with Gasteiger partial charge in [-0.3, -0.25) is 14.4 Å². The minimum Gasteiger partial charge on any atom is -0.468 e. The highest BCUT2D eigenvalue weighted by Gasteiger charge is 2.29. The van der Waals surface area contributed by atoms with Crippen molar-refractivity contribution in [3.05, 3.63) is 64.6 Å². The zero-order valence-corrected chi connectivity index (χ0v) is 18.0. The number of anilines is 1. The number of ketones is 1. The molecule has 2 aromatic rings. The monoisotopic (exact) mass is 461 g/mol. The molecule has 0 aliphatic carbocycles. The quantitative estimate of drug-likeness (QED) is 0.419. The Kier molecular flexibility index (Phi) is 8.86. The third-order valence-corrected chi connectivity index (χ3v) is 5.03. The van der Waals surface area contributed by atoms with Gasteiger partial charge in [-0.1, -0.05) is 46.3 Å². The van der Waals surface area contributed by atoms with Gasteiger partial charge in [0.2, 0.25) is 0 Å². The minimum absolute atomic E-state index is 0.0535. The maximum atomic E-state index is 12.6. The fourth-order valence-corrected chi connectivity index (χ4v) is 3.20. The number of nitrogens with one attached hydrogen (secondary N) is 1. The number of methoxy groups -OCH3 is 2. The summed E-state index contributed by atoms with van der Waals surface area (Å²) in [6.45, 7) is 0. The maximum Gasteiger partial charge on any atom is 0.320 e. The molecule has 0 radical (unpaired) electrons. The van der Waals surface area contributed by atoms with Crippen LogP contribution in [0.5, 0.6) is 0 Å². The zero-order chi connectivity index (χ0) is 21.2. The van der Waals surface area contributed by atoms with Crippen LogP contribution in [0.2, 0.25) is 0 Å². The molecule has 1 N–H and O–H groups in total. The molecule has 0 saturated heterocycles. The molecule has 0 aromatic heterocycles. The number of Topliss-reactive ketones (excluding diaryl/α,β-unsaturated/α-hetero) is 1. The predicted octanol–water partition coefficient (Wildman–Crippen LogP) is 4.30. The number of carbonyl (C=O) groups excluding carboxylic acids is 3. The van der Waals surface area contributed by atoms with Crippen molar-refractivity contribution in [3.63, 3.8) is 0 Å². The van der Waals surface area contributed by atoms with E-state index in [1.54, 1.807) is 0 Å². The van der Waals surface area contributed by atoms with Gasteiger partial charge in [-0.2, -0.15) is 0 Å². The zero-order valence-electron chi connectivity index (χ0n) is 16.4. The summed E-state index contributed by atoms with van der Waals surface area (Å²) in [7, 11) is 2.40. The van der Waals surface area contributed by atoms with Crippen molar-refractivity contribution >= 4 is 39.3 Å². The van der Waals surface area contributed by atoms with E-state index < -0.39 is 17.9 Å². The second-order valence-electron chi connectivity index (χ2n) is 6.49. The van der Waals surface area contributed by atoms with Crippen molar-refractivity contribution in [3.8, 4) is 0 Å². The van der Waals surface area contributed by atoms with Gasteiger partial charge < -0.3 is 14.8 Å². The summed E-state index contributed by atoms with van der Waals surface area (Å²) in [5.74, 6) is -2.56. The molecule has 0 fully saturated rings. The average molecular weight is 462 g/mol. The number of halogens is 1. The molecule has 2 aromatic carbocycles. The summed E-state index contributed by atoms with van der Waals surface area (Å²) >= 11 is 3.41. The molecule has 0 aliphatic heterocycles. The Morgan fingerprint density at radius 1 is 0.931 bits per heavy atom. The molecule has 7 heteroatoms. The predicted molar refractivity (Wildman–Crippen MR) is 113 cm³/mol. The number of ether oxygens (including phenoxy) is 2. The van der Waals surface area contributed by atoms with Crippen molar-refractivity contribution in [2.45, 2.75) is 25.3 Å². The van der Waals surface area contributed by atoms with Gasteiger partial charge in [-0.15, -0.1) is 0 Å². The highest BCUT2D eigenvalue weighted by molar-refractivity contribution is 9.10. The molecule has 0 amide bonds. The second-order valence-corrected chi connectivity index (χ2v) is 7.41. The van der Waals surface area contributed by atoms with Crippen LogP contribution in [0.4, 0.5) is 5.69 Å². The summed E-state index contributed by atoms with van der Waals surface area (Å²) in [5.41, 5.74) is 1.86. The van der Waals surface area contributed by atoms with Crippen LogP contribution >= 0.6 is 15.9 Å². The van der Waals surface area contributed by atoms with Gasteiger partial charge in [0.05, 0.1) is 20.3 Å². The number of hydrogen-bond acceptors (Lipinski definition) is 6. The van der Waals surface area contributed by atoms with Crippen LogP contribution in [-0.4, -0.2) is 31.9 Å². The molecule has 0 heterocycles. The van der Waals surface area contributed by atoms with Crippen molar-refractivity contribution in [1.29, 1.82) is 0 Å². The summed E-state index contributed by atoms with van der Waals surface area (Å²) < 4.78 is 10.2. The minimum atomic E-state index is -1.09. The van der Waals surface area contributed by atoms with Crippen LogP contribution in [0, 0.1) is 5.92 Å².